The molecule has 1 N–H and O–H groups in total. The average Bonchev–Trinajstić information content (AvgIpc) is 3.03. The minimum Gasteiger partial charge on any atom is -0.485 e. The van der Waals surface area contributed by atoms with E-state index in [4.69, 9.17) is 9.47 Å². The molecule has 1 saturated heterocycles. The van der Waals surface area contributed by atoms with Gasteiger partial charge in [0.2, 0.25) is 6.10 Å². The third kappa shape index (κ3) is 3.96. The fraction of sp³-hybridized carbons (Fsp3) is 0.364. The molecule has 2 amide bonds. The summed E-state index contributed by atoms with van der Waals surface area (Å²) in [6.45, 7) is 1.65. The van der Waals surface area contributed by atoms with Crippen LogP contribution in [-0.2, 0) is 4.79 Å². The molecule has 2 aliphatic heterocycles. The van der Waals surface area contributed by atoms with Crippen molar-refractivity contribution in [2.45, 2.75) is 31.8 Å². The van der Waals surface area contributed by atoms with Crippen LogP contribution in [0.3, 0.4) is 0 Å². The fourth-order valence-electron chi connectivity index (χ4n) is 3.58. The fourth-order valence-corrected chi connectivity index (χ4v) is 3.58. The molecule has 0 aliphatic carbocycles. The molecule has 2 heterocycles. The van der Waals surface area contributed by atoms with Gasteiger partial charge in [0.15, 0.2) is 11.5 Å². The number of para-hydroxylation sites is 3. The Morgan fingerprint density at radius 3 is 2.36 bits per heavy atom. The molecule has 0 aromatic heterocycles. The Morgan fingerprint density at radius 1 is 0.893 bits per heavy atom. The molecule has 0 radical (unpaired) electrons. The van der Waals surface area contributed by atoms with E-state index in [-0.39, 0.29) is 18.4 Å². The Labute approximate surface area is 164 Å². The number of likely N-dealkylation sites (tertiary alicyclic amines) is 1. The second-order valence-corrected chi connectivity index (χ2v) is 7.11. The van der Waals surface area contributed by atoms with Crippen molar-refractivity contribution < 1.29 is 19.1 Å². The first kappa shape index (κ1) is 18.3. The highest BCUT2D eigenvalue weighted by Crippen LogP contribution is 2.31. The highest BCUT2D eigenvalue weighted by Gasteiger charge is 2.28. The Hall–Kier alpha value is -3.02. The van der Waals surface area contributed by atoms with Crippen LogP contribution in [0.25, 0.3) is 0 Å². The van der Waals surface area contributed by atoms with Crippen molar-refractivity contribution >= 4 is 17.5 Å². The highest BCUT2D eigenvalue weighted by molar-refractivity contribution is 6.04. The molecular weight excluding hydrogens is 356 g/mol. The molecule has 28 heavy (non-hydrogen) atoms. The number of benzene rings is 2. The number of nitrogens with zero attached hydrogens (tertiary/aromatic N) is 1. The van der Waals surface area contributed by atoms with Crippen LogP contribution in [0.4, 0.5) is 5.69 Å². The Balaban J connectivity index is 1.48. The number of carbonyl (C=O) groups is 2. The van der Waals surface area contributed by atoms with Gasteiger partial charge in [0, 0.05) is 13.1 Å². The summed E-state index contributed by atoms with van der Waals surface area (Å²) in [5, 5.41) is 2.86. The molecule has 146 valence electrons. The van der Waals surface area contributed by atoms with Gasteiger partial charge in [-0.3, -0.25) is 9.59 Å². The van der Waals surface area contributed by atoms with E-state index in [0.29, 0.717) is 22.7 Å². The van der Waals surface area contributed by atoms with Gasteiger partial charge in [0.05, 0.1) is 11.3 Å². The van der Waals surface area contributed by atoms with Gasteiger partial charge in [-0.05, 0) is 37.1 Å². The van der Waals surface area contributed by atoms with E-state index < -0.39 is 6.10 Å². The molecule has 0 spiro atoms. The SMILES string of the molecule is O=C(Nc1ccccc1C(=O)N1CCCCCC1)C1COc2ccccc2O1. The maximum absolute atomic E-state index is 13.0. The van der Waals surface area contributed by atoms with Crippen molar-refractivity contribution in [3.63, 3.8) is 0 Å². The third-order valence-corrected chi connectivity index (χ3v) is 5.11. The molecule has 4 rings (SSSR count). The minimum absolute atomic E-state index is 0.0380. The first-order chi connectivity index (χ1) is 13.7. The number of carbonyl (C=O) groups excluding carboxylic acids is 2. The van der Waals surface area contributed by atoms with Crippen LogP contribution in [0.5, 0.6) is 11.5 Å². The van der Waals surface area contributed by atoms with Crippen LogP contribution in [0.2, 0.25) is 0 Å². The van der Waals surface area contributed by atoms with Gasteiger partial charge < -0.3 is 19.7 Å². The maximum Gasteiger partial charge on any atom is 0.269 e. The number of amides is 2. The molecule has 0 bridgehead atoms. The van der Waals surface area contributed by atoms with Crippen LogP contribution in [-0.4, -0.2) is 42.5 Å². The number of fused-ring (bicyclic) bond motifs is 1. The number of hydrogen-bond acceptors (Lipinski definition) is 4. The summed E-state index contributed by atoms with van der Waals surface area (Å²) < 4.78 is 11.4. The number of anilines is 1. The van der Waals surface area contributed by atoms with Crippen LogP contribution in [0.15, 0.2) is 48.5 Å². The molecule has 6 nitrogen and oxygen atoms in total. The van der Waals surface area contributed by atoms with Gasteiger partial charge in [-0.25, -0.2) is 0 Å². The smallest absolute Gasteiger partial charge is 0.269 e. The largest absolute Gasteiger partial charge is 0.485 e. The van der Waals surface area contributed by atoms with E-state index in [2.05, 4.69) is 5.32 Å². The van der Waals surface area contributed by atoms with Gasteiger partial charge in [0.25, 0.3) is 11.8 Å². The summed E-state index contributed by atoms with van der Waals surface area (Å²) in [4.78, 5) is 27.6. The lowest BCUT2D eigenvalue weighted by atomic mass is 10.1. The maximum atomic E-state index is 13.0. The minimum atomic E-state index is -0.767. The van der Waals surface area contributed by atoms with E-state index in [9.17, 15) is 9.59 Å². The average molecular weight is 380 g/mol. The Kier molecular flexibility index (Phi) is 5.46. The van der Waals surface area contributed by atoms with E-state index in [1.54, 1.807) is 24.3 Å². The van der Waals surface area contributed by atoms with Gasteiger partial charge in [-0.1, -0.05) is 37.1 Å². The van der Waals surface area contributed by atoms with Gasteiger partial charge >= 0.3 is 0 Å². The molecule has 2 aromatic rings. The van der Waals surface area contributed by atoms with Crippen molar-refractivity contribution in [2.75, 3.05) is 25.0 Å². The standard InChI is InChI=1S/C22H24N2O4/c25-21(20-15-27-18-11-5-6-12-19(18)28-20)23-17-10-4-3-9-16(17)22(26)24-13-7-1-2-8-14-24/h3-6,9-12,20H,1-2,7-8,13-15H2,(H,23,25). The molecule has 6 heteroatoms. The predicted octanol–water partition coefficient (Wildman–Crippen LogP) is 3.48. The zero-order valence-electron chi connectivity index (χ0n) is 15.7. The Bertz CT molecular complexity index is 859. The van der Waals surface area contributed by atoms with Gasteiger partial charge in [-0.15, -0.1) is 0 Å². The zero-order chi connectivity index (χ0) is 19.3. The van der Waals surface area contributed by atoms with Gasteiger partial charge in [0.1, 0.15) is 6.61 Å². The molecule has 1 atom stereocenters. The number of ether oxygens (including phenoxy) is 2. The second-order valence-electron chi connectivity index (χ2n) is 7.11. The molecule has 1 fully saturated rings. The predicted molar refractivity (Wildman–Crippen MR) is 106 cm³/mol. The molecular formula is C22H24N2O4. The molecule has 2 aliphatic rings. The van der Waals surface area contributed by atoms with Crippen molar-refractivity contribution in [1.29, 1.82) is 0 Å². The molecule has 2 aromatic carbocycles. The van der Waals surface area contributed by atoms with Gasteiger partial charge in [-0.2, -0.15) is 0 Å². The normalized spacial score (nSPS) is 18.9. The molecule has 0 saturated carbocycles. The van der Waals surface area contributed by atoms with E-state index in [1.165, 1.54) is 0 Å². The summed E-state index contributed by atoms with van der Waals surface area (Å²) in [6, 6.07) is 14.4. The lowest BCUT2D eigenvalue weighted by Crippen LogP contribution is -2.40. The van der Waals surface area contributed by atoms with E-state index >= 15 is 0 Å². The second kappa shape index (κ2) is 8.33. The quantitative estimate of drug-likeness (QED) is 0.885. The highest BCUT2D eigenvalue weighted by atomic mass is 16.6. The van der Waals surface area contributed by atoms with E-state index in [1.807, 2.05) is 29.2 Å². The van der Waals surface area contributed by atoms with Crippen LogP contribution in [0, 0.1) is 0 Å². The first-order valence-electron chi connectivity index (χ1n) is 9.80. The van der Waals surface area contributed by atoms with Crippen molar-refractivity contribution in [1.82, 2.24) is 4.90 Å². The summed E-state index contributed by atoms with van der Waals surface area (Å²) >= 11 is 0. The summed E-state index contributed by atoms with van der Waals surface area (Å²) in [5.41, 5.74) is 1.01. The summed E-state index contributed by atoms with van der Waals surface area (Å²) in [6.07, 6.45) is 3.58. The van der Waals surface area contributed by atoms with Crippen molar-refractivity contribution in [3.8, 4) is 11.5 Å². The Morgan fingerprint density at radius 2 is 1.57 bits per heavy atom. The molecule has 1 unspecified atom stereocenters. The summed E-state index contributed by atoms with van der Waals surface area (Å²) in [7, 11) is 0. The van der Waals surface area contributed by atoms with Crippen LogP contribution >= 0.6 is 0 Å². The van der Waals surface area contributed by atoms with Crippen LogP contribution < -0.4 is 14.8 Å². The van der Waals surface area contributed by atoms with E-state index in [0.717, 1.165) is 38.8 Å². The first-order valence-corrected chi connectivity index (χ1v) is 9.80. The van der Waals surface area contributed by atoms with Crippen molar-refractivity contribution in [2.24, 2.45) is 0 Å². The van der Waals surface area contributed by atoms with Crippen LogP contribution in [0.1, 0.15) is 36.0 Å². The third-order valence-electron chi connectivity index (χ3n) is 5.11. The zero-order valence-corrected chi connectivity index (χ0v) is 15.7. The lowest BCUT2D eigenvalue weighted by molar-refractivity contribution is -0.125. The number of hydrogen-bond donors (Lipinski definition) is 1. The monoisotopic (exact) mass is 380 g/mol. The lowest BCUT2D eigenvalue weighted by Gasteiger charge is -2.26. The number of nitrogens with one attached hydrogen (secondary N) is 1. The number of rotatable bonds is 3. The van der Waals surface area contributed by atoms with Crippen molar-refractivity contribution in [3.05, 3.63) is 54.1 Å². The topological polar surface area (TPSA) is 67.9 Å². The summed E-state index contributed by atoms with van der Waals surface area (Å²) in [5.74, 6) is 0.806.